The summed E-state index contributed by atoms with van der Waals surface area (Å²) in [6, 6.07) is 16.0. The lowest BCUT2D eigenvalue weighted by molar-refractivity contribution is 0.0949. The third kappa shape index (κ3) is 7.38. The number of benzene rings is 3. The molecule has 2 amide bonds. The lowest BCUT2D eigenvalue weighted by Gasteiger charge is -2.22. The van der Waals surface area contributed by atoms with Crippen LogP contribution in [0.25, 0.3) is 16.6 Å². The highest BCUT2D eigenvalue weighted by Crippen LogP contribution is 2.29. The van der Waals surface area contributed by atoms with E-state index in [4.69, 9.17) is 14.2 Å². The minimum Gasteiger partial charge on any atom is -0.497 e. The highest BCUT2D eigenvalue weighted by Gasteiger charge is 2.24. The van der Waals surface area contributed by atoms with E-state index < -0.39 is 23.0 Å². The normalized spacial score (nSPS) is 10.8. The van der Waals surface area contributed by atoms with Crippen LogP contribution in [0, 0.1) is 11.6 Å². The van der Waals surface area contributed by atoms with E-state index in [0.717, 1.165) is 17.0 Å². The first-order valence-electron chi connectivity index (χ1n) is 14.7. The van der Waals surface area contributed by atoms with Crippen LogP contribution in [0.4, 0.5) is 14.5 Å². The number of anilines is 1. The second-order valence-corrected chi connectivity index (χ2v) is 10.4. The van der Waals surface area contributed by atoms with Gasteiger partial charge in [0.05, 0.1) is 32.0 Å². The van der Waals surface area contributed by atoms with Gasteiger partial charge < -0.3 is 29.0 Å². The van der Waals surface area contributed by atoms with Gasteiger partial charge in [-0.25, -0.2) is 8.78 Å². The summed E-state index contributed by atoms with van der Waals surface area (Å²) >= 11 is 0. The summed E-state index contributed by atoms with van der Waals surface area (Å²) in [5.74, 6) is -1.28. The minimum absolute atomic E-state index is 0.0233. The van der Waals surface area contributed by atoms with Gasteiger partial charge in [-0.1, -0.05) is 0 Å². The Morgan fingerprint density at radius 2 is 1.57 bits per heavy atom. The monoisotopic (exact) mass is 642 g/mol. The molecule has 0 saturated carbocycles. The number of amides is 2. The van der Waals surface area contributed by atoms with Crippen LogP contribution in [0.2, 0.25) is 0 Å². The van der Waals surface area contributed by atoms with Gasteiger partial charge >= 0.3 is 0 Å². The predicted molar refractivity (Wildman–Crippen MR) is 173 cm³/mol. The van der Waals surface area contributed by atoms with Crippen LogP contribution in [-0.2, 0) is 0 Å². The molecule has 0 aliphatic heterocycles. The Morgan fingerprint density at radius 3 is 2.21 bits per heavy atom. The maximum atomic E-state index is 14.1. The topological polar surface area (TPSA) is 112 Å². The molecule has 47 heavy (non-hydrogen) atoms. The van der Waals surface area contributed by atoms with Crippen LogP contribution in [0.15, 0.2) is 90.1 Å². The van der Waals surface area contributed by atoms with Crippen molar-refractivity contribution in [2.24, 2.45) is 0 Å². The summed E-state index contributed by atoms with van der Waals surface area (Å²) in [6.45, 7) is 2.33. The van der Waals surface area contributed by atoms with Crippen molar-refractivity contribution >= 4 is 28.4 Å². The third-order valence-electron chi connectivity index (χ3n) is 7.36. The third-order valence-corrected chi connectivity index (χ3v) is 7.36. The quantitative estimate of drug-likeness (QED) is 0.178. The Hall–Kier alpha value is -5.78. The number of hydrogen-bond donors (Lipinski definition) is 1. The number of methoxy groups -OCH3 is 2. The average molecular weight is 643 g/mol. The Labute approximate surface area is 269 Å². The Bertz CT molecular complexity index is 1940. The molecule has 0 fully saturated rings. The predicted octanol–water partition coefficient (Wildman–Crippen LogP) is 5.55. The molecular weight excluding hydrogens is 610 g/mol. The van der Waals surface area contributed by atoms with Crippen molar-refractivity contribution in [3.63, 3.8) is 0 Å². The van der Waals surface area contributed by atoms with Gasteiger partial charge in [-0.2, -0.15) is 0 Å². The van der Waals surface area contributed by atoms with Gasteiger partial charge in [-0.15, -0.1) is 0 Å². The van der Waals surface area contributed by atoms with Crippen molar-refractivity contribution in [2.45, 2.75) is 13.3 Å². The van der Waals surface area contributed by atoms with E-state index in [9.17, 15) is 23.2 Å². The molecule has 0 radical (unpaired) electrons. The number of ether oxygens (including phenoxy) is 3. The zero-order chi connectivity index (χ0) is 33.5. The molecule has 0 atom stereocenters. The van der Waals surface area contributed by atoms with Gasteiger partial charge in [0.1, 0.15) is 34.4 Å². The molecule has 12 heteroatoms. The number of carbonyl (C=O) groups excluding carboxylic acids is 2. The van der Waals surface area contributed by atoms with Crippen molar-refractivity contribution in [2.75, 3.05) is 38.8 Å². The number of rotatable bonds is 12. The van der Waals surface area contributed by atoms with Gasteiger partial charge in [0.25, 0.3) is 11.8 Å². The number of fused-ring (bicyclic) bond motifs is 1. The van der Waals surface area contributed by atoms with E-state index >= 15 is 0 Å². The number of carbonyl (C=O) groups is 2. The highest BCUT2D eigenvalue weighted by molar-refractivity contribution is 6.07. The molecule has 242 valence electrons. The fourth-order valence-electron chi connectivity index (χ4n) is 5.05. The summed E-state index contributed by atoms with van der Waals surface area (Å²) < 4.78 is 46.7. The summed E-state index contributed by atoms with van der Waals surface area (Å²) in [7, 11) is 3.00. The first-order chi connectivity index (χ1) is 22.7. The van der Waals surface area contributed by atoms with Crippen molar-refractivity contribution in [3.8, 4) is 22.9 Å². The van der Waals surface area contributed by atoms with E-state index in [0.29, 0.717) is 53.0 Å². The Balaban J connectivity index is 1.50. The smallest absolute Gasteiger partial charge is 0.263 e. The fourth-order valence-corrected chi connectivity index (χ4v) is 5.05. The summed E-state index contributed by atoms with van der Waals surface area (Å²) in [4.78, 5) is 45.0. The molecule has 2 heterocycles. The molecule has 0 spiro atoms. The molecule has 5 aromatic rings. The molecule has 10 nitrogen and oxygen atoms in total. The average Bonchev–Trinajstić information content (AvgIpc) is 3.08. The lowest BCUT2D eigenvalue weighted by atomic mass is 10.1. The Morgan fingerprint density at radius 1 is 0.894 bits per heavy atom. The van der Waals surface area contributed by atoms with Gasteiger partial charge in [-0.05, 0) is 49.7 Å². The largest absolute Gasteiger partial charge is 0.497 e. The number of nitrogens with zero attached hydrogens (tertiary/aromatic N) is 3. The summed E-state index contributed by atoms with van der Waals surface area (Å²) in [6.07, 6.45) is 4.99. The lowest BCUT2D eigenvalue weighted by Crippen LogP contribution is -2.35. The number of hydrogen-bond acceptors (Lipinski definition) is 7. The highest BCUT2D eigenvalue weighted by atomic mass is 19.1. The molecule has 2 aromatic heterocycles. The molecule has 0 aliphatic carbocycles. The number of halogens is 2. The number of pyridine rings is 2. The molecule has 0 bridgehead atoms. The molecule has 3 aromatic carbocycles. The molecule has 0 aliphatic rings. The standard InChI is InChI=1S/C35H32F2N4O6/c1-4-40(25-15-23(36)14-24(37)16-25)35(44)31-21-41(26-17-28(45-2)19-29(18-26)46-3)32-20-27(6-7-30(32)33(31)42)47-13-5-10-39-34(43)22-8-11-38-12-9-22/h6-9,11-12,14-21H,4-5,10,13H2,1-3H3,(H,39,43). The van der Waals surface area contributed by atoms with Crippen LogP contribution in [0.3, 0.4) is 0 Å². The van der Waals surface area contributed by atoms with E-state index in [1.54, 1.807) is 72.4 Å². The van der Waals surface area contributed by atoms with Crippen molar-refractivity contribution < 1.29 is 32.6 Å². The van der Waals surface area contributed by atoms with Crippen molar-refractivity contribution in [1.82, 2.24) is 14.9 Å². The van der Waals surface area contributed by atoms with Gasteiger partial charge in [0.15, 0.2) is 0 Å². The first kappa shape index (κ1) is 32.6. The zero-order valence-electron chi connectivity index (χ0n) is 26.0. The fraction of sp³-hybridized carbons (Fsp3) is 0.200. The molecule has 1 N–H and O–H groups in total. The van der Waals surface area contributed by atoms with Crippen molar-refractivity contribution in [1.29, 1.82) is 0 Å². The van der Waals surface area contributed by atoms with Crippen LogP contribution >= 0.6 is 0 Å². The van der Waals surface area contributed by atoms with E-state index in [1.807, 2.05) is 0 Å². The van der Waals surface area contributed by atoms with E-state index in [1.165, 1.54) is 20.4 Å². The van der Waals surface area contributed by atoms with Gasteiger partial charge in [0.2, 0.25) is 5.43 Å². The molecule has 0 unspecified atom stereocenters. The van der Waals surface area contributed by atoms with Crippen LogP contribution in [0.1, 0.15) is 34.1 Å². The number of aromatic nitrogens is 2. The summed E-state index contributed by atoms with van der Waals surface area (Å²) in [5.41, 5.74) is 0.623. The second kappa shape index (κ2) is 14.5. The zero-order valence-corrected chi connectivity index (χ0v) is 26.0. The maximum absolute atomic E-state index is 14.1. The number of nitrogens with one attached hydrogen (secondary N) is 1. The van der Waals surface area contributed by atoms with Crippen LogP contribution in [0.5, 0.6) is 17.2 Å². The van der Waals surface area contributed by atoms with E-state index in [-0.39, 0.29) is 35.7 Å². The summed E-state index contributed by atoms with van der Waals surface area (Å²) in [5, 5.41) is 3.03. The SMILES string of the molecule is CCN(C(=O)c1cn(-c2cc(OC)cc(OC)c2)c2cc(OCCCNC(=O)c3ccncc3)ccc2c1=O)c1cc(F)cc(F)c1. The second-order valence-electron chi connectivity index (χ2n) is 10.4. The van der Waals surface area contributed by atoms with Crippen LogP contribution < -0.4 is 29.9 Å². The Kier molecular flexibility index (Phi) is 10.1. The first-order valence-corrected chi connectivity index (χ1v) is 14.7. The van der Waals surface area contributed by atoms with Crippen molar-refractivity contribution in [3.05, 3.63) is 118 Å². The van der Waals surface area contributed by atoms with Gasteiger partial charge in [0, 0.05) is 78.6 Å². The maximum Gasteiger partial charge on any atom is 0.263 e. The van der Waals surface area contributed by atoms with E-state index in [2.05, 4.69) is 10.3 Å². The molecular formula is C35H32F2N4O6. The minimum atomic E-state index is -0.852. The molecule has 0 saturated heterocycles. The molecule has 5 rings (SSSR count). The van der Waals surface area contributed by atoms with Gasteiger partial charge in [-0.3, -0.25) is 19.4 Å². The van der Waals surface area contributed by atoms with Crippen LogP contribution in [-0.4, -0.2) is 55.3 Å².